The van der Waals surface area contributed by atoms with Gasteiger partial charge in [-0.1, -0.05) is 6.07 Å². The van der Waals surface area contributed by atoms with Gasteiger partial charge in [-0.2, -0.15) is 5.10 Å². The highest BCUT2D eigenvalue weighted by Gasteiger charge is 2.15. The summed E-state index contributed by atoms with van der Waals surface area (Å²) in [5.41, 5.74) is 4.47. The van der Waals surface area contributed by atoms with Gasteiger partial charge in [0.1, 0.15) is 0 Å². The second kappa shape index (κ2) is 5.31. The average molecular weight is 287 g/mol. The highest BCUT2D eigenvalue weighted by Crippen LogP contribution is 2.33. The SMILES string of the molecule is Cc1nn(C(C)C)c(C)c1NCc1ccc2c(c1)OCO2. The Bertz CT molecular complexity index is 662. The summed E-state index contributed by atoms with van der Waals surface area (Å²) in [4.78, 5) is 0. The average Bonchev–Trinajstić information content (AvgIpc) is 3.01. The summed E-state index contributed by atoms with van der Waals surface area (Å²) in [5, 5.41) is 8.07. The third-order valence-electron chi connectivity index (χ3n) is 3.72. The second-order valence-electron chi connectivity index (χ2n) is 5.63. The van der Waals surface area contributed by atoms with Crippen LogP contribution in [0.25, 0.3) is 0 Å². The molecule has 5 nitrogen and oxygen atoms in total. The van der Waals surface area contributed by atoms with Crippen molar-refractivity contribution in [2.45, 2.75) is 40.3 Å². The summed E-state index contributed by atoms with van der Waals surface area (Å²) < 4.78 is 12.8. The lowest BCUT2D eigenvalue weighted by molar-refractivity contribution is 0.174. The van der Waals surface area contributed by atoms with E-state index in [0.29, 0.717) is 12.8 Å². The summed E-state index contributed by atoms with van der Waals surface area (Å²) >= 11 is 0. The Labute approximate surface area is 124 Å². The summed E-state index contributed by atoms with van der Waals surface area (Å²) in [6.07, 6.45) is 0. The molecule has 0 unspecified atom stereocenters. The van der Waals surface area contributed by atoms with Crippen LogP contribution in [0, 0.1) is 13.8 Å². The van der Waals surface area contributed by atoms with Gasteiger partial charge in [-0.15, -0.1) is 0 Å². The van der Waals surface area contributed by atoms with Gasteiger partial charge in [-0.05, 0) is 45.4 Å². The maximum atomic E-state index is 5.41. The van der Waals surface area contributed by atoms with Gasteiger partial charge in [0, 0.05) is 12.6 Å². The Morgan fingerprint density at radius 3 is 2.71 bits per heavy atom. The van der Waals surface area contributed by atoms with Gasteiger partial charge in [0.05, 0.1) is 17.1 Å². The van der Waals surface area contributed by atoms with E-state index in [2.05, 4.69) is 41.9 Å². The first-order chi connectivity index (χ1) is 10.1. The molecule has 21 heavy (non-hydrogen) atoms. The molecule has 1 N–H and O–H groups in total. The first-order valence-electron chi connectivity index (χ1n) is 7.24. The molecule has 1 aliphatic rings. The molecular formula is C16H21N3O2. The molecule has 0 radical (unpaired) electrons. The molecule has 0 atom stereocenters. The number of aromatic nitrogens is 2. The Kier molecular flexibility index (Phi) is 3.49. The van der Waals surface area contributed by atoms with Crippen LogP contribution in [0.1, 0.15) is 36.8 Å². The molecule has 5 heteroatoms. The molecule has 112 valence electrons. The molecule has 2 heterocycles. The van der Waals surface area contributed by atoms with Crippen molar-refractivity contribution in [1.29, 1.82) is 0 Å². The van der Waals surface area contributed by atoms with Crippen LogP contribution in [0.5, 0.6) is 11.5 Å². The zero-order chi connectivity index (χ0) is 15.0. The topological polar surface area (TPSA) is 48.3 Å². The lowest BCUT2D eigenvalue weighted by Gasteiger charge is -2.10. The van der Waals surface area contributed by atoms with Gasteiger partial charge in [-0.3, -0.25) is 4.68 Å². The highest BCUT2D eigenvalue weighted by atomic mass is 16.7. The Balaban J connectivity index is 1.76. The van der Waals surface area contributed by atoms with Gasteiger partial charge in [0.25, 0.3) is 0 Å². The van der Waals surface area contributed by atoms with E-state index in [-0.39, 0.29) is 0 Å². The van der Waals surface area contributed by atoms with Gasteiger partial charge in [0.15, 0.2) is 11.5 Å². The molecule has 1 aliphatic heterocycles. The Morgan fingerprint density at radius 1 is 1.24 bits per heavy atom. The fraction of sp³-hybridized carbons (Fsp3) is 0.438. The van der Waals surface area contributed by atoms with E-state index in [1.807, 2.05) is 19.1 Å². The molecule has 0 fully saturated rings. The number of nitrogens with one attached hydrogen (secondary N) is 1. The maximum absolute atomic E-state index is 5.41. The summed E-state index contributed by atoms with van der Waals surface area (Å²) in [5.74, 6) is 1.64. The van der Waals surface area contributed by atoms with E-state index in [0.717, 1.165) is 35.0 Å². The van der Waals surface area contributed by atoms with Crippen LogP contribution in [0.4, 0.5) is 5.69 Å². The van der Waals surface area contributed by atoms with Gasteiger partial charge >= 0.3 is 0 Å². The quantitative estimate of drug-likeness (QED) is 0.936. The number of rotatable bonds is 4. The summed E-state index contributed by atoms with van der Waals surface area (Å²) in [7, 11) is 0. The molecule has 0 saturated carbocycles. The standard InChI is InChI=1S/C16H21N3O2/c1-10(2)19-12(4)16(11(3)18-19)17-8-13-5-6-14-15(7-13)21-9-20-14/h5-7,10,17H,8-9H2,1-4H3. The normalized spacial score (nSPS) is 13.0. The molecule has 0 aliphatic carbocycles. The van der Waals surface area contributed by atoms with Crippen LogP contribution in [-0.2, 0) is 6.54 Å². The predicted molar refractivity (Wildman–Crippen MR) is 82.0 cm³/mol. The van der Waals surface area contributed by atoms with Crippen LogP contribution >= 0.6 is 0 Å². The predicted octanol–water partition coefficient (Wildman–Crippen LogP) is 3.42. The maximum Gasteiger partial charge on any atom is 0.231 e. The number of aryl methyl sites for hydroxylation is 1. The number of hydrogen-bond acceptors (Lipinski definition) is 4. The van der Waals surface area contributed by atoms with Crippen molar-refractivity contribution in [3.8, 4) is 11.5 Å². The van der Waals surface area contributed by atoms with Crippen LogP contribution in [-0.4, -0.2) is 16.6 Å². The van der Waals surface area contributed by atoms with E-state index in [1.54, 1.807) is 0 Å². The number of anilines is 1. The molecule has 0 bridgehead atoms. The third-order valence-corrected chi connectivity index (χ3v) is 3.72. The summed E-state index contributed by atoms with van der Waals surface area (Å²) in [6, 6.07) is 6.39. The molecule has 0 saturated heterocycles. The number of benzene rings is 1. The first kappa shape index (κ1) is 13.8. The van der Waals surface area contributed by atoms with Crippen LogP contribution in [0.3, 0.4) is 0 Å². The van der Waals surface area contributed by atoms with Gasteiger partial charge in [-0.25, -0.2) is 0 Å². The van der Waals surface area contributed by atoms with Gasteiger partial charge in [0.2, 0.25) is 6.79 Å². The van der Waals surface area contributed by atoms with Crippen molar-refractivity contribution < 1.29 is 9.47 Å². The third kappa shape index (κ3) is 2.55. The fourth-order valence-electron chi connectivity index (χ4n) is 2.66. The zero-order valence-electron chi connectivity index (χ0n) is 12.9. The lowest BCUT2D eigenvalue weighted by Crippen LogP contribution is -2.06. The molecule has 3 rings (SSSR count). The molecule has 1 aromatic carbocycles. The molecular weight excluding hydrogens is 266 g/mol. The molecule has 0 amide bonds. The minimum absolute atomic E-state index is 0.311. The van der Waals surface area contributed by atoms with Crippen molar-refractivity contribution in [2.24, 2.45) is 0 Å². The molecule has 0 spiro atoms. The second-order valence-corrected chi connectivity index (χ2v) is 5.63. The largest absolute Gasteiger partial charge is 0.454 e. The van der Waals surface area contributed by atoms with E-state index in [9.17, 15) is 0 Å². The number of nitrogens with zero attached hydrogens (tertiary/aromatic N) is 2. The van der Waals surface area contributed by atoms with Crippen molar-refractivity contribution in [1.82, 2.24) is 9.78 Å². The van der Waals surface area contributed by atoms with Crippen LogP contribution in [0.2, 0.25) is 0 Å². The number of ether oxygens (including phenoxy) is 2. The molecule has 1 aromatic heterocycles. The minimum Gasteiger partial charge on any atom is -0.454 e. The van der Waals surface area contributed by atoms with Crippen molar-refractivity contribution in [3.05, 3.63) is 35.2 Å². The zero-order valence-corrected chi connectivity index (χ0v) is 12.9. The van der Waals surface area contributed by atoms with E-state index in [4.69, 9.17) is 9.47 Å². The van der Waals surface area contributed by atoms with E-state index < -0.39 is 0 Å². The van der Waals surface area contributed by atoms with E-state index >= 15 is 0 Å². The number of hydrogen-bond donors (Lipinski definition) is 1. The minimum atomic E-state index is 0.311. The Hall–Kier alpha value is -2.17. The van der Waals surface area contributed by atoms with E-state index in [1.165, 1.54) is 5.69 Å². The summed E-state index contributed by atoms with van der Waals surface area (Å²) in [6.45, 7) is 9.46. The van der Waals surface area contributed by atoms with Gasteiger partial charge < -0.3 is 14.8 Å². The first-order valence-corrected chi connectivity index (χ1v) is 7.24. The Morgan fingerprint density at radius 2 is 2.00 bits per heavy atom. The molecule has 2 aromatic rings. The van der Waals surface area contributed by atoms with Crippen LogP contribution in [0.15, 0.2) is 18.2 Å². The smallest absolute Gasteiger partial charge is 0.231 e. The van der Waals surface area contributed by atoms with Crippen molar-refractivity contribution in [3.63, 3.8) is 0 Å². The monoisotopic (exact) mass is 287 g/mol. The van der Waals surface area contributed by atoms with Crippen LogP contribution < -0.4 is 14.8 Å². The lowest BCUT2D eigenvalue weighted by atomic mass is 10.2. The van der Waals surface area contributed by atoms with Crippen molar-refractivity contribution >= 4 is 5.69 Å². The fourth-order valence-corrected chi connectivity index (χ4v) is 2.66. The number of fused-ring (bicyclic) bond motifs is 1. The van der Waals surface area contributed by atoms with Crippen molar-refractivity contribution in [2.75, 3.05) is 12.1 Å². The highest BCUT2D eigenvalue weighted by molar-refractivity contribution is 5.53.